The van der Waals surface area contributed by atoms with Crippen LogP contribution < -0.4 is 0 Å². The van der Waals surface area contributed by atoms with Crippen LogP contribution >= 0.6 is 15.9 Å². The van der Waals surface area contributed by atoms with Crippen molar-refractivity contribution < 1.29 is 13.5 Å². The van der Waals surface area contributed by atoms with Crippen molar-refractivity contribution in [3.05, 3.63) is 36.0 Å². The van der Waals surface area contributed by atoms with E-state index in [2.05, 4.69) is 20.9 Å². The van der Waals surface area contributed by atoms with E-state index in [-0.39, 0.29) is 14.6 Å². The quantitative estimate of drug-likeness (QED) is 0.857. The fourth-order valence-corrected chi connectivity index (χ4v) is 2.83. The number of rotatable bonds is 1. The van der Waals surface area contributed by atoms with Gasteiger partial charge in [-0.15, -0.1) is 0 Å². The summed E-state index contributed by atoms with van der Waals surface area (Å²) in [5.74, 6) is 0.0923. The molecule has 0 saturated carbocycles. The molecule has 0 fully saturated rings. The van der Waals surface area contributed by atoms with Crippen LogP contribution in [-0.2, 0) is 9.84 Å². The molecule has 15 heavy (non-hydrogen) atoms. The molecule has 0 bridgehead atoms. The Kier molecular flexibility index (Phi) is 2.40. The number of sulfone groups is 1. The molecule has 0 aliphatic carbocycles. The number of benzene rings is 1. The Balaban J connectivity index is 2.49. The SMILES string of the molecule is O=S1(=O)C(c2ccc(O)cc2)=CN=C1Br. The van der Waals surface area contributed by atoms with Gasteiger partial charge >= 0.3 is 0 Å². The number of halogens is 1. The number of aromatic hydroxyl groups is 1. The average Bonchev–Trinajstić information content (AvgIpc) is 2.44. The minimum Gasteiger partial charge on any atom is -0.508 e. The molecule has 0 radical (unpaired) electrons. The van der Waals surface area contributed by atoms with E-state index in [1.807, 2.05) is 0 Å². The van der Waals surface area contributed by atoms with E-state index >= 15 is 0 Å². The molecule has 1 aliphatic heterocycles. The van der Waals surface area contributed by atoms with E-state index in [0.29, 0.717) is 5.56 Å². The normalized spacial score (nSPS) is 18.5. The number of hydrogen-bond acceptors (Lipinski definition) is 4. The van der Waals surface area contributed by atoms with Crippen LogP contribution in [0, 0.1) is 0 Å². The highest BCUT2D eigenvalue weighted by molar-refractivity contribution is 9.22. The van der Waals surface area contributed by atoms with Gasteiger partial charge in [0, 0.05) is 6.20 Å². The molecule has 1 aromatic rings. The molecule has 4 nitrogen and oxygen atoms in total. The molecule has 0 saturated heterocycles. The summed E-state index contributed by atoms with van der Waals surface area (Å²) >= 11 is 2.87. The number of hydrogen-bond donors (Lipinski definition) is 1. The van der Waals surface area contributed by atoms with Crippen LogP contribution in [0.15, 0.2) is 35.5 Å². The van der Waals surface area contributed by atoms with Crippen molar-refractivity contribution in [1.82, 2.24) is 0 Å². The zero-order valence-electron chi connectivity index (χ0n) is 7.38. The first-order chi connectivity index (χ1) is 7.01. The molecule has 1 heterocycles. The number of aliphatic imine (C=N–C) groups is 1. The van der Waals surface area contributed by atoms with Gasteiger partial charge in [-0.1, -0.05) is 0 Å². The molecular formula is C9H6BrNO3S. The smallest absolute Gasteiger partial charge is 0.232 e. The fraction of sp³-hybridized carbons (Fsp3) is 0. The summed E-state index contributed by atoms with van der Waals surface area (Å²) in [6.07, 6.45) is 1.28. The first-order valence-corrected chi connectivity index (χ1v) is 6.27. The summed E-state index contributed by atoms with van der Waals surface area (Å²) in [6.45, 7) is 0. The molecule has 0 atom stereocenters. The first-order valence-electron chi connectivity index (χ1n) is 4.00. The van der Waals surface area contributed by atoms with Crippen molar-refractivity contribution in [1.29, 1.82) is 0 Å². The van der Waals surface area contributed by atoms with Crippen LogP contribution in [0.5, 0.6) is 5.75 Å². The molecule has 78 valence electrons. The van der Waals surface area contributed by atoms with Gasteiger partial charge in [0.2, 0.25) is 13.8 Å². The van der Waals surface area contributed by atoms with Crippen LogP contribution in [0.2, 0.25) is 0 Å². The summed E-state index contributed by atoms with van der Waals surface area (Å²) in [7, 11) is -3.49. The highest BCUT2D eigenvalue weighted by Crippen LogP contribution is 2.30. The Labute approximate surface area is 95.0 Å². The third-order valence-corrected chi connectivity index (χ3v) is 4.90. The van der Waals surface area contributed by atoms with Crippen LogP contribution in [0.4, 0.5) is 0 Å². The maximum Gasteiger partial charge on any atom is 0.232 e. The summed E-state index contributed by atoms with van der Waals surface area (Å²) in [6, 6.07) is 5.91. The topological polar surface area (TPSA) is 66.7 Å². The molecule has 1 aromatic carbocycles. The van der Waals surface area contributed by atoms with Crippen molar-refractivity contribution in [2.75, 3.05) is 0 Å². The molecule has 0 spiro atoms. The summed E-state index contributed by atoms with van der Waals surface area (Å²) < 4.78 is 23.3. The lowest BCUT2D eigenvalue weighted by molar-refractivity contribution is 0.475. The molecule has 0 unspecified atom stereocenters. The van der Waals surface area contributed by atoms with Crippen molar-refractivity contribution in [2.24, 2.45) is 4.99 Å². The van der Waals surface area contributed by atoms with E-state index in [4.69, 9.17) is 5.11 Å². The van der Waals surface area contributed by atoms with Gasteiger partial charge in [-0.05, 0) is 45.8 Å². The Bertz CT molecular complexity index is 558. The predicted molar refractivity (Wildman–Crippen MR) is 61.4 cm³/mol. The lowest BCUT2D eigenvalue weighted by atomic mass is 10.2. The minimum absolute atomic E-state index is 0.0851. The second-order valence-electron chi connectivity index (χ2n) is 2.93. The molecular weight excluding hydrogens is 282 g/mol. The second-order valence-corrected chi connectivity index (χ2v) is 6.04. The Hall–Kier alpha value is -1.14. The highest BCUT2D eigenvalue weighted by Gasteiger charge is 2.28. The van der Waals surface area contributed by atoms with Gasteiger partial charge in [-0.2, -0.15) is 0 Å². The molecule has 1 aliphatic rings. The summed E-state index contributed by atoms with van der Waals surface area (Å²) in [5, 5.41) is 9.07. The zero-order chi connectivity index (χ0) is 11.1. The number of phenols is 1. The van der Waals surface area contributed by atoms with Gasteiger partial charge in [0.25, 0.3) is 0 Å². The molecule has 2 rings (SSSR count). The maximum absolute atomic E-state index is 11.7. The Morgan fingerprint density at radius 1 is 1.20 bits per heavy atom. The van der Waals surface area contributed by atoms with Crippen LogP contribution in [-0.4, -0.2) is 17.5 Å². The van der Waals surface area contributed by atoms with Crippen molar-refractivity contribution >= 4 is 34.6 Å². The van der Waals surface area contributed by atoms with E-state index < -0.39 is 9.84 Å². The van der Waals surface area contributed by atoms with Gasteiger partial charge in [0.05, 0.1) is 4.91 Å². The lowest BCUT2D eigenvalue weighted by Crippen LogP contribution is -2.05. The van der Waals surface area contributed by atoms with Crippen LogP contribution in [0.3, 0.4) is 0 Å². The molecule has 6 heteroatoms. The fourth-order valence-electron chi connectivity index (χ4n) is 1.19. The van der Waals surface area contributed by atoms with E-state index in [1.165, 1.54) is 30.5 Å². The van der Waals surface area contributed by atoms with Crippen LogP contribution in [0.25, 0.3) is 4.91 Å². The standard InChI is InChI=1S/C9H6BrNO3S/c10-9-11-5-8(15(9,13)14)6-1-3-7(12)4-2-6/h1-5,12H. The van der Waals surface area contributed by atoms with E-state index in [9.17, 15) is 8.42 Å². The van der Waals surface area contributed by atoms with Crippen molar-refractivity contribution in [2.45, 2.75) is 0 Å². The van der Waals surface area contributed by atoms with Gasteiger partial charge in [0.15, 0.2) is 0 Å². The van der Waals surface area contributed by atoms with Gasteiger partial charge < -0.3 is 5.11 Å². The maximum atomic E-state index is 11.7. The third kappa shape index (κ3) is 1.70. The number of nitrogens with zero attached hydrogens (tertiary/aromatic N) is 1. The van der Waals surface area contributed by atoms with Crippen molar-refractivity contribution in [3.63, 3.8) is 0 Å². The van der Waals surface area contributed by atoms with Gasteiger partial charge in [0.1, 0.15) is 5.75 Å². The van der Waals surface area contributed by atoms with Crippen LogP contribution in [0.1, 0.15) is 5.56 Å². The first kappa shape index (κ1) is 10.4. The van der Waals surface area contributed by atoms with Gasteiger partial charge in [-0.25, -0.2) is 13.4 Å². The second kappa shape index (κ2) is 3.46. The lowest BCUT2D eigenvalue weighted by Gasteiger charge is -2.02. The van der Waals surface area contributed by atoms with E-state index in [1.54, 1.807) is 0 Å². The predicted octanol–water partition coefficient (Wildman–Crippen LogP) is 1.87. The third-order valence-electron chi connectivity index (χ3n) is 1.95. The minimum atomic E-state index is -3.49. The monoisotopic (exact) mass is 287 g/mol. The summed E-state index contributed by atoms with van der Waals surface area (Å²) in [5.41, 5.74) is 0.506. The van der Waals surface area contributed by atoms with Gasteiger partial charge in [-0.3, -0.25) is 0 Å². The highest BCUT2D eigenvalue weighted by atomic mass is 79.9. The zero-order valence-corrected chi connectivity index (χ0v) is 9.79. The molecule has 1 N–H and O–H groups in total. The molecule has 0 amide bonds. The Morgan fingerprint density at radius 3 is 2.27 bits per heavy atom. The van der Waals surface area contributed by atoms with Crippen molar-refractivity contribution in [3.8, 4) is 5.75 Å². The summed E-state index contributed by atoms with van der Waals surface area (Å²) in [4.78, 5) is 3.82. The van der Waals surface area contributed by atoms with E-state index in [0.717, 1.165) is 0 Å². The Morgan fingerprint density at radius 2 is 1.80 bits per heavy atom. The largest absolute Gasteiger partial charge is 0.508 e. The average molecular weight is 288 g/mol. The molecule has 0 aromatic heterocycles. The number of phenolic OH excluding ortho intramolecular Hbond substituents is 1.